The number of aliphatic carboxylic acids is 2. The second-order valence-corrected chi connectivity index (χ2v) is 1.07. The Kier molecular flexibility index (Phi) is 55.3. The van der Waals surface area contributed by atoms with Gasteiger partial charge in [0.2, 0.25) is 0 Å². The number of hydrogen-bond acceptors (Lipinski definition) is 10. The summed E-state index contributed by atoms with van der Waals surface area (Å²) in [5.74, 6) is -4.37. The molecule has 0 rings (SSSR count). The van der Waals surface area contributed by atoms with E-state index in [2.05, 4.69) is 0 Å². The zero-order chi connectivity index (χ0) is 12.3. The number of hydrogen-bond donors (Lipinski definition) is 0. The first-order chi connectivity index (χ1) is 6.11. The zero-order valence-electron chi connectivity index (χ0n) is 8.20. The number of carbonyl (C=O) groups is 4. The van der Waals surface area contributed by atoms with Gasteiger partial charge in [-0.3, -0.25) is 0 Å². The molecule has 13 heteroatoms. The van der Waals surface area contributed by atoms with Crippen molar-refractivity contribution < 1.29 is 49.8 Å². The van der Waals surface area contributed by atoms with Crippen molar-refractivity contribution in [1.29, 1.82) is 0 Å². The van der Waals surface area contributed by atoms with Gasteiger partial charge in [-0.2, -0.15) is 0 Å². The van der Waals surface area contributed by atoms with Crippen molar-refractivity contribution in [2.75, 3.05) is 0 Å². The maximum absolute atomic E-state index is 8.93. The second-order valence-electron chi connectivity index (χ2n) is 1.07. The summed E-state index contributed by atoms with van der Waals surface area (Å²) in [4.78, 5) is 34.5. The van der Waals surface area contributed by atoms with Crippen LogP contribution in [0.2, 0.25) is 0 Å². The Labute approximate surface area is 184 Å². The Balaban J connectivity index is -0.0000000252. The molecule has 0 aliphatic carbocycles. The maximum Gasteiger partial charge on any atom is 2.00 e. The molecule has 0 atom stereocenters. The molecular formula is C4Ca3O10. The van der Waals surface area contributed by atoms with Gasteiger partial charge in [-0.15, -0.1) is 0 Å². The van der Waals surface area contributed by atoms with Crippen LogP contribution in [0.3, 0.4) is 0 Å². The summed E-state index contributed by atoms with van der Waals surface area (Å²) in [6.07, 6.45) is -4.67. The van der Waals surface area contributed by atoms with Gasteiger partial charge in [-0.25, -0.2) is 0 Å². The van der Waals surface area contributed by atoms with E-state index in [9.17, 15) is 0 Å². The van der Waals surface area contributed by atoms with Crippen LogP contribution in [-0.4, -0.2) is 137 Å². The molecule has 0 aliphatic rings. The van der Waals surface area contributed by atoms with Gasteiger partial charge < -0.3 is 49.8 Å². The smallest absolute Gasteiger partial charge is 0.652 e. The van der Waals surface area contributed by atoms with Gasteiger partial charge in [-0.1, -0.05) is 0 Å². The quantitative estimate of drug-likeness (QED) is 0.303. The number of carboxylic acid groups (broad SMARTS) is 6. The van der Waals surface area contributed by atoms with Crippen molar-refractivity contribution in [3.63, 3.8) is 0 Å². The minimum atomic E-state index is -2.33. The van der Waals surface area contributed by atoms with Crippen molar-refractivity contribution in [3.8, 4) is 0 Å². The molecule has 0 aliphatic heterocycles. The van der Waals surface area contributed by atoms with Crippen molar-refractivity contribution in [2.24, 2.45) is 0 Å². The van der Waals surface area contributed by atoms with Crippen molar-refractivity contribution in [3.05, 3.63) is 0 Å². The predicted octanol–water partition coefficient (Wildman–Crippen LogP) is -9.55. The molecule has 0 fully saturated rings. The third-order valence-corrected chi connectivity index (χ3v) is 0.167. The Bertz CT molecular complexity index is 196. The summed E-state index contributed by atoms with van der Waals surface area (Å²) in [6, 6.07) is 0. The average Bonchev–Trinajstić information content (AvgIpc) is 1.83. The number of rotatable bonds is 0. The van der Waals surface area contributed by atoms with Crippen molar-refractivity contribution in [2.45, 2.75) is 0 Å². The van der Waals surface area contributed by atoms with E-state index in [1.165, 1.54) is 0 Å². The molecule has 0 amide bonds. The molecule has 0 heterocycles. The van der Waals surface area contributed by atoms with Crippen LogP contribution in [0.5, 0.6) is 0 Å². The third-order valence-electron chi connectivity index (χ3n) is 0.167. The fourth-order valence-corrected chi connectivity index (χ4v) is 0. The molecular weight excluding hydrogens is 328 g/mol. The monoisotopic (exact) mass is 328 g/mol. The molecule has 17 heavy (non-hydrogen) atoms. The van der Waals surface area contributed by atoms with Crippen LogP contribution in [0, 0.1) is 0 Å². The molecule has 10 nitrogen and oxygen atoms in total. The third kappa shape index (κ3) is 145. The minimum Gasteiger partial charge on any atom is -0.652 e. The van der Waals surface area contributed by atoms with E-state index >= 15 is 0 Å². The van der Waals surface area contributed by atoms with Crippen LogP contribution >= 0.6 is 0 Å². The van der Waals surface area contributed by atoms with Crippen LogP contribution < -0.4 is 30.6 Å². The standard InChI is InChI=1S/C2H2O4.2CH2O3.3Ca/c3-1(4)2(5)6;2*2-1(3)4;;;/h(H,3,4)(H,5,6);2*(H2,2,3,4);;;/q;;;3*+2/p-6. The van der Waals surface area contributed by atoms with Gasteiger partial charge in [0.1, 0.15) is 0 Å². The molecule has 0 bridgehead atoms. The summed E-state index contributed by atoms with van der Waals surface area (Å²) >= 11 is 0. The number of carboxylic acids is 2. The van der Waals surface area contributed by atoms with E-state index in [1.807, 2.05) is 0 Å². The SMILES string of the molecule is O=C([O-])C(=O)[O-].O=C([O-])[O-].O=C([O-])[O-].[Ca+2].[Ca+2].[Ca+2]. The van der Waals surface area contributed by atoms with Gasteiger partial charge in [0.25, 0.3) is 0 Å². The van der Waals surface area contributed by atoms with Crippen LogP contribution in [-0.2, 0) is 9.59 Å². The second kappa shape index (κ2) is 26.0. The van der Waals surface area contributed by atoms with E-state index in [-0.39, 0.29) is 113 Å². The van der Waals surface area contributed by atoms with E-state index in [0.29, 0.717) is 0 Å². The Morgan fingerprint density at radius 2 is 0.529 bits per heavy atom. The van der Waals surface area contributed by atoms with Gasteiger partial charge in [0.15, 0.2) is 0 Å². The van der Waals surface area contributed by atoms with E-state index in [4.69, 9.17) is 49.8 Å². The molecule has 0 saturated heterocycles. The molecule has 0 aromatic heterocycles. The molecule has 0 unspecified atom stereocenters. The largest absolute Gasteiger partial charge is 2.00 e. The summed E-state index contributed by atoms with van der Waals surface area (Å²) in [6.45, 7) is 0. The molecule has 0 N–H and O–H groups in total. The topological polar surface area (TPSA) is 207 Å². The van der Waals surface area contributed by atoms with Gasteiger partial charge in [-0.05, 0) is 12.3 Å². The molecule has 0 aromatic rings. The Hall–Kier alpha value is 1.26. The van der Waals surface area contributed by atoms with Gasteiger partial charge in [0, 0.05) is 0 Å². The average molecular weight is 328 g/mol. The first kappa shape index (κ1) is 36.2. The Morgan fingerprint density at radius 1 is 0.471 bits per heavy atom. The van der Waals surface area contributed by atoms with Gasteiger partial charge >= 0.3 is 113 Å². The van der Waals surface area contributed by atoms with Crippen molar-refractivity contribution >= 4 is 137 Å². The van der Waals surface area contributed by atoms with E-state index < -0.39 is 24.2 Å². The number of carbonyl (C=O) groups excluding carboxylic acids is 4. The van der Waals surface area contributed by atoms with E-state index in [1.54, 1.807) is 0 Å². The summed E-state index contributed by atoms with van der Waals surface area (Å²) in [5.41, 5.74) is 0. The fourth-order valence-electron chi connectivity index (χ4n) is 0. The normalized spacial score (nSPS) is 5.41. The van der Waals surface area contributed by atoms with Crippen molar-refractivity contribution in [1.82, 2.24) is 0 Å². The molecule has 0 spiro atoms. The van der Waals surface area contributed by atoms with Crippen LogP contribution in [0.1, 0.15) is 0 Å². The van der Waals surface area contributed by atoms with Gasteiger partial charge in [0.05, 0.1) is 11.9 Å². The molecule has 0 radical (unpaired) electrons. The Morgan fingerprint density at radius 3 is 0.529 bits per heavy atom. The van der Waals surface area contributed by atoms with Crippen LogP contribution in [0.15, 0.2) is 0 Å². The molecule has 0 saturated carbocycles. The fraction of sp³-hybridized carbons (Fsp3) is 0. The summed E-state index contributed by atoms with van der Waals surface area (Å²) < 4.78 is 0. The van der Waals surface area contributed by atoms with Crippen LogP contribution in [0.4, 0.5) is 9.59 Å². The minimum absolute atomic E-state index is 0. The predicted molar refractivity (Wildman–Crippen MR) is 38.1 cm³/mol. The first-order valence-corrected chi connectivity index (χ1v) is 2.29. The van der Waals surface area contributed by atoms with E-state index in [0.717, 1.165) is 0 Å². The first-order valence-electron chi connectivity index (χ1n) is 2.29. The van der Waals surface area contributed by atoms with Crippen LogP contribution in [0.25, 0.3) is 0 Å². The maximum atomic E-state index is 8.93. The molecule has 0 aromatic carbocycles. The summed E-state index contributed by atoms with van der Waals surface area (Å²) in [5, 5.41) is 51.2. The molecule has 82 valence electrons. The summed E-state index contributed by atoms with van der Waals surface area (Å²) in [7, 11) is 0. The zero-order valence-corrected chi connectivity index (χ0v) is 14.8.